The minimum atomic E-state index is 0.842. The lowest BCUT2D eigenvalue weighted by Gasteiger charge is -2.03. The fourth-order valence-electron chi connectivity index (χ4n) is 2.23. The summed E-state index contributed by atoms with van der Waals surface area (Å²) in [7, 11) is 2.02. The summed E-state index contributed by atoms with van der Waals surface area (Å²) in [6, 6.07) is 12.5. The molecule has 2 aromatic heterocycles. The molecular formula is C15H15N3. The van der Waals surface area contributed by atoms with E-state index in [-0.39, 0.29) is 0 Å². The van der Waals surface area contributed by atoms with E-state index in [9.17, 15) is 0 Å². The van der Waals surface area contributed by atoms with Crippen molar-refractivity contribution in [3.05, 3.63) is 59.5 Å². The van der Waals surface area contributed by atoms with Crippen molar-refractivity contribution >= 4 is 11.2 Å². The number of imidazole rings is 1. The molecule has 0 N–H and O–H groups in total. The van der Waals surface area contributed by atoms with Gasteiger partial charge in [-0.05, 0) is 24.6 Å². The van der Waals surface area contributed by atoms with E-state index in [0.717, 1.165) is 23.4 Å². The zero-order valence-corrected chi connectivity index (χ0v) is 10.6. The molecule has 3 nitrogen and oxygen atoms in total. The Morgan fingerprint density at radius 2 is 2.06 bits per heavy atom. The lowest BCUT2D eigenvalue weighted by Crippen LogP contribution is -1.99. The monoisotopic (exact) mass is 237 g/mol. The summed E-state index contributed by atoms with van der Waals surface area (Å²) in [6.45, 7) is 2.11. The summed E-state index contributed by atoms with van der Waals surface area (Å²) in [4.78, 5) is 9.00. The maximum atomic E-state index is 4.64. The zero-order chi connectivity index (χ0) is 12.5. The zero-order valence-electron chi connectivity index (χ0n) is 10.6. The molecule has 90 valence electrons. The van der Waals surface area contributed by atoms with Crippen LogP contribution in [0.15, 0.2) is 42.6 Å². The molecule has 3 heteroatoms. The normalized spacial score (nSPS) is 11.0. The van der Waals surface area contributed by atoms with Crippen molar-refractivity contribution < 1.29 is 0 Å². The summed E-state index contributed by atoms with van der Waals surface area (Å²) in [5.74, 6) is 1.05. The first-order valence-corrected chi connectivity index (χ1v) is 6.06. The van der Waals surface area contributed by atoms with Crippen LogP contribution in [0.5, 0.6) is 0 Å². The van der Waals surface area contributed by atoms with Crippen LogP contribution < -0.4 is 0 Å². The standard InChI is InChI=1S/C15H15N3/c1-11-5-3-6-12(9-11)10-14-17-13-7-4-8-16-15(13)18(14)2/h3-9H,10H2,1-2H3. The highest BCUT2D eigenvalue weighted by atomic mass is 15.1. The lowest BCUT2D eigenvalue weighted by atomic mass is 10.1. The molecule has 0 aliphatic heterocycles. The Morgan fingerprint density at radius 1 is 1.17 bits per heavy atom. The minimum absolute atomic E-state index is 0.842. The topological polar surface area (TPSA) is 30.7 Å². The first-order chi connectivity index (χ1) is 8.74. The van der Waals surface area contributed by atoms with E-state index < -0.39 is 0 Å². The molecule has 0 bridgehead atoms. The molecule has 3 aromatic rings. The molecule has 0 saturated carbocycles. The molecular weight excluding hydrogens is 222 g/mol. The summed E-state index contributed by atoms with van der Waals surface area (Å²) in [6.07, 6.45) is 2.65. The average molecular weight is 237 g/mol. The highest BCUT2D eigenvalue weighted by molar-refractivity contribution is 5.71. The number of aryl methyl sites for hydroxylation is 2. The van der Waals surface area contributed by atoms with Gasteiger partial charge in [-0.3, -0.25) is 0 Å². The molecule has 0 aliphatic carbocycles. The van der Waals surface area contributed by atoms with Crippen molar-refractivity contribution in [2.24, 2.45) is 7.05 Å². The van der Waals surface area contributed by atoms with Crippen LogP contribution in [0.4, 0.5) is 0 Å². The molecule has 0 atom stereocenters. The summed E-state index contributed by atoms with van der Waals surface area (Å²) in [5.41, 5.74) is 4.47. The summed E-state index contributed by atoms with van der Waals surface area (Å²) in [5, 5.41) is 0. The van der Waals surface area contributed by atoms with Gasteiger partial charge in [0.2, 0.25) is 0 Å². The fraction of sp³-hybridized carbons (Fsp3) is 0.200. The second-order valence-corrected chi connectivity index (χ2v) is 4.60. The first kappa shape index (κ1) is 11.0. The minimum Gasteiger partial charge on any atom is -0.316 e. The van der Waals surface area contributed by atoms with Gasteiger partial charge in [-0.15, -0.1) is 0 Å². The van der Waals surface area contributed by atoms with Crippen LogP contribution in [-0.2, 0) is 13.5 Å². The summed E-state index contributed by atoms with van der Waals surface area (Å²) < 4.78 is 2.07. The van der Waals surface area contributed by atoms with Crippen LogP contribution in [-0.4, -0.2) is 14.5 Å². The Hall–Kier alpha value is -2.16. The average Bonchev–Trinajstić information content (AvgIpc) is 2.67. The van der Waals surface area contributed by atoms with E-state index in [0.29, 0.717) is 0 Å². The molecule has 18 heavy (non-hydrogen) atoms. The largest absolute Gasteiger partial charge is 0.316 e. The third-order valence-electron chi connectivity index (χ3n) is 3.17. The van der Waals surface area contributed by atoms with Crippen molar-refractivity contribution in [2.75, 3.05) is 0 Å². The van der Waals surface area contributed by atoms with Crippen molar-refractivity contribution in [3.63, 3.8) is 0 Å². The predicted molar refractivity (Wildman–Crippen MR) is 72.5 cm³/mol. The Balaban J connectivity index is 2.02. The van der Waals surface area contributed by atoms with Gasteiger partial charge in [0.15, 0.2) is 5.65 Å². The Labute approximate surface area is 106 Å². The Kier molecular flexibility index (Phi) is 2.59. The molecule has 0 radical (unpaired) electrons. The Morgan fingerprint density at radius 3 is 2.83 bits per heavy atom. The van der Waals surface area contributed by atoms with Gasteiger partial charge in [0.25, 0.3) is 0 Å². The van der Waals surface area contributed by atoms with Crippen LogP contribution in [0.3, 0.4) is 0 Å². The van der Waals surface area contributed by atoms with Crippen molar-refractivity contribution in [1.29, 1.82) is 0 Å². The molecule has 3 rings (SSSR count). The molecule has 1 aromatic carbocycles. The molecule has 0 saturated heterocycles. The molecule has 2 heterocycles. The van der Waals surface area contributed by atoms with Gasteiger partial charge in [0.05, 0.1) is 0 Å². The number of benzene rings is 1. The van der Waals surface area contributed by atoms with Crippen molar-refractivity contribution in [2.45, 2.75) is 13.3 Å². The van der Waals surface area contributed by atoms with Crippen molar-refractivity contribution in [3.8, 4) is 0 Å². The van der Waals surface area contributed by atoms with Crippen LogP contribution in [0.1, 0.15) is 17.0 Å². The molecule has 0 amide bonds. The van der Waals surface area contributed by atoms with E-state index >= 15 is 0 Å². The van der Waals surface area contributed by atoms with Gasteiger partial charge in [-0.1, -0.05) is 29.8 Å². The highest BCUT2D eigenvalue weighted by Gasteiger charge is 2.08. The summed E-state index contributed by atoms with van der Waals surface area (Å²) >= 11 is 0. The van der Waals surface area contributed by atoms with Gasteiger partial charge >= 0.3 is 0 Å². The number of aromatic nitrogens is 3. The number of hydrogen-bond donors (Lipinski definition) is 0. The van der Waals surface area contributed by atoms with Crippen LogP contribution in [0.2, 0.25) is 0 Å². The molecule has 0 aliphatic rings. The molecule has 0 fully saturated rings. The van der Waals surface area contributed by atoms with Gasteiger partial charge in [0, 0.05) is 19.7 Å². The van der Waals surface area contributed by atoms with Crippen LogP contribution >= 0.6 is 0 Å². The first-order valence-electron chi connectivity index (χ1n) is 6.06. The second-order valence-electron chi connectivity index (χ2n) is 4.60. The van der Waals surface area contributed by atoms with Gasteiger partial charge in [0.1, 0.15) is 11.3 Å². The molecule has 0 unspecified atom stereocenters. The number of pyridine rings is 1. The quantitative estimate of drug-likeness (QED) is 0.686. The Bertz CT molecular complexity index is 698. The number of rotatable bonds is 2. The number of hydrogen-bond acceptors (Lipinski definition) is 2. The van der Waals surface area contributed by atoms with E-state index in [1.54, 1.807) is 6.20 Å². The molecule has 0 spiro atoms. The van der Waals surface area contributed by atoms with Gasteiger partial charge in [-0.2, -0.15) is 0 Å². The maximum Gasteiger partial charge on any atom is 0.159 e. The van der Waals surface area contributed by atoms with Gasteiger partial charge in [-0.25, -0.2) is 9.97 Å². The van der Waals surface area contributed by atoms with Crippen LogP contribution in [0, 0.1) is 6.92 Å². The third kappa shape index (κ3) is 1.88. The smallest absolute Gasteiger partial charge is 0.159 e. The van der Waals surface area contributed by atoms with E-state index in [1.807, 2.05) is 19.2 Å². The van der Waals surface area contributed by atoms with Crippen LogP contribution in [0.25, 0.3) is 11.2 Å². The van der Waals surface area contributed by atoms with E-state index in [1.165, 1.54) is 11.1 Å². The second kappa shape index (κ2) is 4.26. The predicted octanol–water partition coefficient (Wildman–Crippen LogP) is 2.87. The van der Waals surface area contributed by atoms with E-state index in [4.69, 9.17) is 0 Å². The number of fused-ring (bicyclic) bond motifs is 1. The fourth-order valence-corrected chi connectivity index (χ4v) is 2.23. The maximum absolute atomic E-state index is 4.64. The SMILES string of the molecule is Cc1cccc(Cc2nc3cccnc3n2C)c1. The lowest BCUT2D eigenvalue weighted by molar-refractivity contribution is 0.835. The van der Waals surface area contributed by atoms with E-state index in [2.05, 4.69) is 45.7 Å². The highest BCUT2D eigenvalue weighted by Crippen LogP contribution is 2.15. The van der Waals surface area contributed by atoms with Crippen molar-refractivity contribution in [1.82, 2.24) is 14.5 Å². The van der Waals surface area contributed by atoms with Gasteiger partial charge < -0.3 is 4.57 Å². The third-order valence-corrected chi connectivity index (χ3v) is 3.17. The number of nitrogens with zero attached hydrogens (tertiary/aromatic N) is 3.